The molecule has 0 heterocycles. The molecule has 0 saturated carbocycles. The van der Waals surface area contributed by atoms with E-state index in [2.05, 4.69) is 26.6 Å². The van der Waals surface area contributed by atoms with E-state index >= 15 is 0 Å². The maximum Gasteiger partial charge on any atom is 0.221 e. The highest BCUT2D eigenvalue weighted by atomic mass is 79.9. The molecule has 0 unspecified atom stereocenters. The lowest BCUT2D eigenvalue weighted by Crippen LogP contribution is -2.32. The van der Waals surface area contributed by atoms with Crippen LogP contribution in [-0.4, -0.2) is 18.5 Å². The van der Waals surface area contributed by atoms with E-state index in [1.165, 1.54) is 12.1 Å². The lowest BCUT2D eigenvalue weighted by atomic mass is 10.2. The summed E-state index contributed by atoms with van der Waals surface area (Å²) in [5, 5.41) is 5.93. The van der Waals surface area contributed by atoms with Gasteiger partial charge in [-0.2, -0.15) is 0 Å². The Bertz CT molecular complexity index is 410. The highest BCUT2D eigenvalue weighted by Crippen LogP contribution is 2.17. The molecule has 0 spiro atoms. The Hall–Kier alpha value is -0.940. The van der Waals surface area contributed by atoms with Crippen LogP contribution in [0.15, 0.2) is 22.7 Å². The van der Waals surface area contributed by atoms with Gasteiger partial charge >= 0.3 is 0 Å². The molecule has 18 heavy (non-hydrogen) atoms. The summed E-state index contributed by atoms with van der Waals surface area (Å²) >= 11 is 3.36. The van der Waals surface area contributed by atoms with Crippen molar-refractivity contribution in [2.24, 2.45) is 0 Å². The third-order valence-corrected chi connectivity index (χ3v) is 3.08. The van der Waals surface area contributed by atoms with E-state index in [1.54, 1.807) is 6.07 Å². The van der Waals surface area contributed by atoms with Crippen molar-refractivity contribution in [1.82, 2.24) is 10.6 Å². The summed E-state index contributed by atoms with van der Waals surface area (Å²) in [6, 6.07) is 4.72. The summed E-state index contributed by atoms with van der Waals surface area (Å²) < 4.78 is 13.9. The Balaban J connectivity index is 2.29. The number of benzene rings is 1. The topological polar surface area (TPSA) is 41.1 Å². The van der Waals surface area contributed by atoms with Gasteiger partial charge in [-0.05, 0) is 37.6 Å². The number of carbonyl (C=O) groups is 1. The quantitative estimate of drug-likeness (QED) is 0.792. The van der Waals surface area contributed by atoms with Gasteiger partial charge in [-0.25, -0.2) is 4.39 Å². The maximum atomic E-state index is 13.0. The van der Waals surface area contributed by atoms with Crippen LogP contribution in [0.3, 0.4) is 0 Å². The molecule has 5 heteroatoms. The first-order valence-corrected chi connectivity index (χ1v) is 6.72. The van der Waals surface area contributed by atoms with Gasteiger partial charge < -0.3 is 10.6 Å². The molecular formula is C13H18BrFN2O. The number of hydrogen-bond donors (Lipinski definition) is 2. The SMILES string of the molecule is CC(C)NC(=O)CCNCc1cc(F)ccc1Br. The fraction of sp³-hybridized carbons (Fsp3) is 0.462. The van der Waals surface area contributed by atoms with Crippen LogP contribution in [0.1, 0.15) is 25.8 Å². The van der Waals surface area contributed by atoms with Gasteiger partial charge in [0, 0.05) is 30.0 Å². The minimum Gasteiger partial charge on any atom is -0.354 e. The molecule has 0 aliphatic heterocycles. The van der Waals surface area contributed by atoms with E-state index in [0.29, 0.717) is 19.5 Å². The molecule has 1 amide bonds. The van der Waals surface area contributed by atoms with E-state index in [9.17, 15) is 9.18 Å². The van der Waals surface area contributed by atoms with Crippen LogP contribution >= 0.6 is 15.9 Å². The number of halogens is 2. The van der Waals surface area contributed by atoms with Crippen LogP contribution in [0.5, 0.6) is 0 Å². The van der Waals surface area contributed by atoms with E-state index < -0.39 is 0 Å². The van der Waals surface area contributed by atoms with Gasteiger partial charge in [0.1, 0.15) is 5.82 Å². The number of carbonyl (C=O) groups excluding carboxylic acids is 1. The fourth-order valence-corrected chi connectivity index (χ4v) is 1.88. The Kier molecular flexibility index (Phi) is 6.29. The van der Waals surface area contributed by atoms with Crippen molar-refractivity contribution in [3.8, 4) is 0 Å². The van der Waals surface area contributed by atoms with Crippen LogP contribution in [0, 0.1) is 5.82 Å². The van der Waals surface area contributed by atoms with Crippen molar-refractivity contribution in [1.29, 1.82) is 0 Å². The molecule has 3 nitrogen and oxygen atoms in total. The molecule has 0 bridgehead atoms. The van der Waals surface area contributed by atoms with E-state index in [4.69, 9.17) is 0 Å². The first-order chi connectivity index (χ1) is 8.49. The third-order valence-electron chi connectivity index (χ3n) is 2.30. The van der Waals surface area contributed by atoms with Crippen LogP contribution in [0.2, 0.25) is 0 Å². The first-order valence-electron chi connectivity index (χ1n) is 5.93. The van der Waals surface area contributed by atoms with Crippen molar-refractivity contribution >= 4 is 21.8 Å². The summed E-state index contributed by atoms with van der Waals surface area (Å²) in [6.45, 7) is 4.96. The van der Waals surface area contributed by atoms with Gasteiger partial charge in [0.05, 0.1) is 0 Å². The van der Waals surface area contributed by atoms with E-state index in [-0.39, 0.29) is 17.8 Å². The highest BCUT2D eigenvalue weighted by molar-refractivity contribution is 9.10. The number of hydrogen-bond acceptors (Lipinski definition) is 2. The minimum atomic E-state index is -0.257. The lowest BCUT2D eigenvalue weighted by Gasteiger charge is -2.09. The zero-order valence-electron chi connectivity index (χ0n) is 10.6. The zero-order valence-corrected chi connectivity index (χ0v) is 12.2. The number of amides is 1. The number of nitrogens with one attached hydrogen (secondary N) is 2. The van der Waals surface area contributed by atoms with Crippen molar-refractivity contribution in [3.05, 3.63) is 34.1 Å². The molecular weight excluding hydrogens is 299 g/mol. The van der Waals surface area contributed by atoms with Gasteiger partial charge in [-0.15, -0.1) is 0 Å². The number of rotatable bonds is 6. The van der Waals surface area contributed by atoms with Crippen molar-refractivity contribution in [2.45, 2.75) is 32.9 Å². The molecule has 0 aliphatic carbocycles. The molecule has 0 fully saturated rings. The molecule has 0 aromatic heterocycles. The monoisotopic (exact) mass is 316 g/mol. The predicted molar refractivity (Wildman–Crippen MR) is 73.7 cm³/mol. The second kappa shape index (κ2) is 7.48. The summed E-state index contributed by atoms with van der Waals surface area (Å²) in [7, 11) is 0. The third kappa shape index (κ3) is 5.60. The minimum absolute atomic E-state index is 0.0239. The second-order valence-corrected chi connectivity index (χ2v) is 5.24. The summed E-state index contributed by atoms with van der Waals surface area (Å²) in [5.41, 5.74) is 0.847. The normalized spacial score (nSPS) is 10.7. The smallest absolute Gasteiger partial charge is 0.221 e. The Labute approximate surface area is 115 Å². The average Bonchev–Trinajstić information content (AvgIpc) is 2.28. The van der Waals surface area contributed by atoms with Crippen molar-refractivity contribution in [3.63, 3.8) is 0 Å². The van der Waals surface area contributed by atoms with E-state index in [1.807, 2.05) is 13.8 Å². The van der Waals surface area contributed by atoms with Gasteiger partial charge in [0.2, 0.25) is 5.91 Å². The molecule has 0 radical (unpaired) electrons. The zero-order chi connectivity index (χ0) is 13.5. The molecule has 100 valence electrons. The standard InChI is InChI=1S/C13H18BrFN2O/c1-9(2)17-13(18)5-6-16-8-10-7-11(15)3-4-12(10)14/h3-4,7,9,16H,5-6,8H2,1-2H3,(H,17,18). The maximum absolute atomic E-state index is 13.0. The molecule has 1 aromatic rings. The molecule has 2 N–H and O–H groups in total. The Morgan fingerprint density at radius 3 is 2.83 bits per heavy atom. The Morgan fingerprint density at radius 2 is 2.17 bits per heavy atom. The summed E-state index contributed by atoms with van der Waals surface area (Å²) in [6.07, 6.45) is 0.422. The fourth-order valence-electron chi connectivity index (χ4n) is 1.50. The van der Waals surface area contributed by atoms with Gasteiger partial charge in [-0.3, -0.25) is 4.79 Å². The second-order valence-electron chi connectivity index (χ2n) is 4.38. The predicted octanol–water partition coefficient (Wildman–Crippen LogP) is 2.59. The highest BCUT2D eigenvalue weighted by Gasteiger charge is 2.04. The van der Waals surface area contributed by atoms with Crippen LogP contribution in [0.25, 0.3) is 0 Å². The summed E-state index contributed by atoms with van der Waals surface area (Å²) in [4.78, 5) is 11.4. The lowest BCUT2D eigenvalue weighted by molar-refractivity contribution is -0.121. The molecule has 0 aliphatic rings. The summed E-state index contributed by atoms with van der Waals surface area (Å²) in [5.74, 6) is -0.233. The van der Waals surface area contributed by atoms with Crippen LogP contribution < -0.4 is 10.6 Å². The largest absolute Gasteiger partial charge is 0.354 e. The van der Waals surface area contributed by atoms with Crippen molar-refractivity contribution < 1.29 is 9.18 Å². The van der Waals surface area contributed by atoms with Gasteiger partial charge in [0.15, 0.2) is 0 Å². The molecule has 1 rings (SSSR count). The Morgan fingerprint density at radius 1 is 1.44 bits per heavy atom. The van der Waals surface area contributed by atoms with Crippen LogP contribution in [-0.2, 0) is 11.3 Å². The molecule has 1 aromatic carbocycles. The van der Waals surface area contributed by atoms with Gasteiger partial charge in [-0.1, -0.05) is 15.9 Å². The average molecular weight is 317 g/mol. The molecule has 0 saturated heterocycles. The van der Waals surface area contributed by atoms with E-state index in [0.717, 1.165) is 10.0 Å². The van der Waals surface area contributed by atoms with Crippen molar-refractivity contribution in [2.75, 3.05) is 6.54 Å². The van der Waals surface area contributed by atoms with Crippen LogP contribution in [0.4, 0.5) is 4.39 Å². The van der Waals surface area contributed by atoms with Gasteiger partial charge in [0.25, 0.3) is 0 Å². The first kappa shape index (κ1) is 15.1. The molecule has 0 atom stereocenters.